The Bertz CT molecular complexity index is 1690. The van der Waals surface area contributed by atoms with Gasteiger partial charge in [-0.25, -0.2) is 0 Å². The van der Waals surface area contributed by atoms with Gasteiger partial charge in [0.15, 0.2) is 5.75 Å². The molecule has 190 valence electrons. The molecule has 1 amide bonds. The van der Waals surface area contributed by atoms with E-state index in [9.17, 15) is 22.9 Å². The maximum Gasteiger partial charge on any atom is 0.296 e. The van der Waals surface area contributed by atoms with Crippen molar-refractivity contribution in [3.63, 3.8) is 0 Å². The molecule has 0 heterocycles. The molecule has 3 N–H and O–H groups in total. The van der Waals surface area contributed by atoms with E-state index < -0.39 is 26.7 Å². The molecule has 0 bridgehead atoms. The zero-order valence-corrected chi connectivity index (χ0v) is 21.7. The second-order valence-corrected chi connectivity index (χ2v) is 10.0. The van der Waals surface area contributed by atoms with Crippen LogP contribution < -0.4 is 10.1 Å². The number of hydrogen-bond acceptors (Lipinski definition) is 7. The van der Waals surface area contributed by atoms with Crippen LogP contribution in [0.25, 0.3) is 10.8 Å². The second kappa shape index (κ2) is 10.3. The summed E-state index contributed by atoms with van der Waals surface area (Å²) in [5.74, 6) is -0.661. The van der Waals surface area contributed by atoms with Gasteiger partial charge in [0.1, 0.15) is 22.0 Å². The standard InChI is InChI=1S/C25H19Cl2N3O6S/c1-13-7-10-20(37(33,34)35)21(27)22(13)29-30-23-16-6-4-3-5-14(16)11-17(24(23)31)25(32)28-15-8-9-19(36-2)18(26)12-15/h3-12,31H,1-2H3,(H,28,32)(H,33,34,35). The highest BCUT2D eigenvalue weighted by molar-refractivity contribution is 7.86. The van der Waals surface area contributed by atoms with Gasteiger partial charge in [0.05, 0.1) is 22.7 Å². The van der Waals surface area contributed by atoms with E-state index in [4.69, 9.17) is 27.9 Å². The zero-order chi connectivity index (χ0) is 26.9. The predicted octanol–water partition coefficient (Wildman–Crippen LogP) is 7.08. The average Bonchev–Trinajstić information content (AvgIpc) is 2.84. The number of aryl methyl sites for hydroxylation is 1. The molecule has 0 saturated heterocycles. The van der Waals surface area contributed by atoms with Crippen molar-refractivity contribution in [2.24, 2.45) is 10.2 Å². The summed E-state index contributed by atoms with van der Waals surface area (Å²) in [6.45, 7) is 1.62. The number of rotatable bonds is 6. The summed E-state index contributed by atoms with van der Waals surface area (Å²) in [6.07, 6.45) is 0. The molecule has 4 rings (SSSR count). The number of ether oxygens (including phenoxy) is 1. The third-order valence-electron chi connectivity index (χ3n) is 5.46. The molecule has 0 aliphatic carbocycles. The number of amides is 1. The normalized spacial score (nSPS) is 11.7. The summed E-state index contributed by atoms with van der Waals surface area (Å²) in [6, 6.07) is 15.6. The third kappa shape index (κ3) is 5.37. The molecule has 0 aliphatic heterocycles. The molecular weight excluding hydrogens is 541 g/mol. The monoisotopic (exact) mass is 559 g/mol. The number of anilines is 1. The summed E-state index contributed by atoms with van der Waals surface area (Å²) in [4.78, 5) is 12.6. The Hall–Kier alpha value is -3.70. The molecule has 0 radical (unpaired) electrons. The summed E-state index contributed by atoms with van der Waals surface area (Å²) in [5.41, 5.74) is 0.687. The van der Waals surface area contributed by atoms with Crippen molar-refractivity contribution in [2.75, 3.05) is 12.4 Å². The fourth-order valence-electron chi connectivity index (χ4n) is 3.60. The lowest BCUT2D eigenvalue weighted by Gasteiger charge is -2.12. The van der Waals surface area contributed by atoms with Crippen LogP contribution in [0.4, 0.5) is 17.1 Å². The first-order valence-corrected chi connectivity index (χ1v) is 12.8. The second-order valence-electron chi connectivity index (χ2n) is 7.86. The van der Waals surface area contributed by atoms with E-state index >= 15 is 0 Å². The van der Waals surface area contributed by atoms with Crippen molar-refractivity contribution in [1.82, 2.24) is 0 Å². The van der Waals surface area contributed by atoms with Crippen LogP contribution in [0.2, 0.25) is 10.0 Å². The van der Waals surface area contributed by atoms with E-state index in [0.29, 0.717) is 27.8 Å². The number of nitrogens with zero attached hydrogens (tertiary/aromatic N) is 2. The molecule has 0 saturated carbocycles. The predicted molar refractivity (Wildman–Crippen MR) is 142 cm³/mol. The largest absolute Gasteiger partial charge is 0.505 e. The topological polar surface area (TPSA) is 138 Å². The Kier molecular flexibility index (Phi) is 7.37. The van der Waals surface area contributed by atoms with Crippen molar-refractivity contribution in [2.45, 2.75) is 11.8 Å². The number of phenols is 1. The van der Waals surface area contributed by atoms with Gasteiger partial charge in [-0.3, -0.25) is 9.35 Å². The molecule has 12 heteroatoms. The summed E-state index contributed by atoms with van der Waals surface area (Å²) in [5, 5.41) is 22.9. The highest BCUT2D eigenvalue weighted by atomic mass is 35.5. The number of hydrogen-bond donors (Lipinski definition) is 3. The Morgan fingerprint density at radius 2 is 1.70 bits per heavy atom. The highest BCUT2D eigenvalue weighted by Crippen LogP contribution is 2.41. The Morgan fingerprint density at radius 3 is 2.38 bits per heavy atom. The molecule has 4 aromatic carbocycles. The molecule has 0 spiro atoms. The first-order chi connectivity index (χ1) is 17.5. The number of halogens is 2. The molecule has 0 atom stereocenters. The highest BCUT2D eigenvalue weighted by Gasteiger charge is 2.21. The quantitative estimate of drug-likeness (QED) is 0.170. The lowest BCUT2D eigenvalue weighted by molar-refractivity contribution is 0.102. The molecule has 9 nitrogen and oxygen atoms in total. The van der Waals surface area contributed by atoms with Crippen molar-refractivity contribution in [1.29, 1.82) is 0 Å². The SMILES string of the molecule is COc1ccc(NC(=O)c2cc3ccccc3c(N=Nc3c(C)ccc(S(=O)(=O)O)c3Cl)c2O)cc1Cl. The van der Waals surface area contributed by atoms with Gasteiger partial charge in [-0.1, -0.05) is 53.5 Å². The van der Waals surface area contributed by atoms with E-state index in [0.717, 1.165) is 6.07 Å². The van der Waals surface area contributed by atoms with E-state index in [2.05, 4.69) is 15.5 Å². The van der Waals surface area contributed by atoms with Crippen LogP contribution in [0.5, 0.6) is 11.5 Å². The molecule has 37 heavy (non-hydrogen) atoms. The number of nitrogens with one attached hydrogen (secondary N) is 1. The van der Waals surface area contributed by atoms with Gasteiger partial charge in [0, 0.05) is 11.1 Å². The maximum atomic E-state index is 13.1. The number of methoxy groups -OCH3 is 1. The van der Waals surface area contributed by atoms with E-state index in [-0.39, 0.29) is 27.0 Å². The summed E-state index contributed by atoms with van der Waals surface area (Å²) in [7, 11) is -3.14. The lowest BCUT2D eigenvalue weighted by atomic mass is 10.0. The fraction of sp³-hybridized carbons (Fsp3) is 0.0800. The number of phenolic OH excluding ortho intramolecular Hbond substituents is 1. The van der Waals surface area contributed by atoms with Crippen LogP contribution in [-0.4, -0.2) is 31.1 Å². The summed E-state index contributed by atoms with van der Waals surface area (Å²) >= 11 is 12.3. The van der Waals surface area contributed by atoms with Gasteiger partial charge in [0.25, 0.3) is 16.0 Å². The average molecular weight is 560 g/mol. The minimum atomic E-state index is -4.61. The van der Waals surface area contributed by atoms with E-state index in [1.54, 1.807) is 43.3 Å². The first kappa shape index (κ1) is 26.4. The Balaban J connectivity index is 1.81. The Morgan fingerprint density at radius 1 is 1.00 bits per heavy atom. The minimum Gasteiger partial charge on any atom is -0.505 e. The first-order valence-electron chi connectivity index (χ1n) is 10.6. The fourth-order valence-corrected chi connectivity index (χ4v) is 4.96. The van der Waals surface area contributed by atoms with Crippen molar-refractivity contribution >= 4 is 67.1 Å². The summed E-state index contributed by atoms with van der Waals surface area (Å²) < 4.78 is 37.8. The van der Waals surface area contributed by atoms with Gasteiger partial charge in [-0.15, -0.1) is 10.2 Å². The molecule has 0 aliphatic rings. The van der Waals surface area contributed by atoms with E-state index in [1.165, 1.54) is 25.3 Å². The molecule has 0 fully saturated rings. The number of carbonyl (C=O) groups excluding carboxylic acids is 1. The van der Waals surface area contributed by atoms with Gasteiger partial charge in [-0.05, 0) is 48.2 Å². The third-order valence-corrected chi connectivity index (χ3v) is 7.15. The molecule has 0 aromatic heterocycles. The molecule has 0 unspecified atom stereocenters. The number of fused-ring (bicyclic) bond motifs is 1. The maximum absolute atomic E-state index is 13.1. The van der Waals surface area contributed by atoms with Crippen molar-refractivity contribution in [3.8, 4) is 11.5 Å². The van der Waals surface area contributed by atoms with Gasteiger partial charge < -0.3 is 15.2 Å². The number of carbonyl (C=O) groups is 1. The van der Waals surface area contributed by atoms with Gasteiger partial charge in [0.2, 0.25) is 0 Å². The number of benzene rings is 4. The smallest absolute Gasteiger partial charge is 0.296 e. The lowest BCUT2D eigenvalue weighted by Crippen LogP contribution is -2.12. The van der Waals surface area contributed by atoms with Crippen LogP contribution in [0, 0.1) is 6.92 Å². The van der Waals surface area contributed by atoms with Crippen LogP contribution in [0.1, 0.15) is 15.9 Å². The molecular formula is C25H19Cl2N3O6S. The van der Waals surface area contributed by atoms with Crippen LogP contribution in [0.3, 0.4) is 0 Å². The van der Waals surface area contributed by atoms with Crippen molar-refractivity contribution < 1.29 is 27.6 Å². The number of aromatic hydroxyl groups is 1. The van der Waals surface area contributed by atoms with Gasteiger partial charge in [-0.2, -0.15) is 8.42 Å². The zero-order valence-electron chi connectivity index (χ0n) is 19.4. The van der Waals surface area contributed by atoms with Crippen LogP contribution in [-0.2, 0) is 10.1 Å². The van der Waals surface area contributed by atoms with Gasteiger partial charge >= 0.3 is 0 Å². The minimum absolute atomic E-state index is 0.0250. The molecule has 4 aromatic rings. The van der Waals surface area contributed by atoms with Crippen molar-refractivity contribution in [3.05, 3.63) is 81.8 Å². The van der Waals surface area contributed by atoms with Crippen LogP contribution >= 0.6 is 23.2 Å². The van der Waals surface area contributed by atoms with E-state index in [1.807, 2.05) is 0 Å². The Labute approximate surface area is 222 Å². The number of azo groups is 1. The van der Waals surface area contributed by atoms with Crippen LogP contribution in [0.15, 0.2) is 75.8 Å².